The van der Waals surface area contributed by atoms with Gasteiger partial charge in [0.1, 0.15) is 6.54 Å². The normalized spacial score (nSPS) is 10.9. The molecule has 2 aromatic heterocycles. The zero-order valence-electron chi connectivity index (χ0n) is 12.4. The molecule has 0 unspecified atom stereocenters. The van der Waals surface area contributed by atoms with Gasteiger partial charge in [0, 0.05) is 16.1 Å². The molecule has 24 heavy (non-hydrogen) atoms. The van der Waals surface area contributed by atoms with Crippen LogP contribution in [0.3, 0.4) is 0 Å². The molecule has 0 fully saturated rings. The molecule has 0 aliphatic heterocycles. The van der Waals surface area contributed by atoms with Gasteiger partial charge in [-0.15, -0.1) is 20.4 Å². The molecule has 4 aromatic rings. The van der Waals surface area contributed by atoms with Crippen molar-refractivity contribution in [2.24, 2.45) is 0 Å². The van der Waals surface area contributed by atoms with Gasteiger partial charge in [0.25, 0.3) is 0 Å². The van der Waals surface area contributed by atoms with Gasteiger partial charge < -0.3 is 4.42 Å². The van der Waals surface area contributed by atoms with Crippen molar-refractivity contribution in [3.8, 4) is 22.8 Å². The molecule has 118 valence electrons. The first-order valence-electron chi connectivity index (χ1n) is 7.19. The summed E-state index contributed by atoms with van der Waals surface area (Å²) in [5.74, 6) is 1.38. The van der Waals surface area contributed by atoms with Crippen LogP contribution in [-0.2, 0) is 6.54 Å². The molecule has 7 nitrogen and oxygen atoms in total. The molecule has 0 saturated carbocycles. The van der Waals surface area contributed by atoms with E-state index in [1.807, 2.05) is 42.5 Å². The zero-order chi connectivity index (χ0) is 16.4. The molecule has 0 N–H and O–H groups in total. The van der Waals surface area contributed by atoms with Crippen molar-refractivity contribution < 1.29 is 4.42 Å². The standard InChI is InChI=1S/C16H11ClN6O/c17-13-8-6-11(7-9-13)15-19-22-23(21-15)10-14-18-20-16(24-14)12-4-2-1-3-5-12/h1-9H,10H2. The van der Waals surface area contributed by atoms with Crippen molar-refractivity contribution in [2.45, 2.75) is 6.54 Å². The Labute approximate surface area is 141 Å². The highest BCUT2D eigenvalue weighted by molar-refractivity contribution is 6.30. The molecule has 0 spiro atoms. The van der Waals surface area contributed by atoms with Crippen molar-refractivity contribution in [1.29, 1.82) is 0 Å². The smallest absolute Gasteiger partial charge is 0.247 e. The Morgan fingerprint density at radius 3 is 2.46 bits per heavy atom. The fraction of sp³-hybridized carbons (Fsp3) is 0.0625. The van der Waals surface area contributed by atoms with Crippen molar-refractivity contribution in [3.05, 3.63) is 65.5 Å². The average molecular weight is 339 g/mol. The number of halogens is 1. The predicted molar refractivity (Wildman–Crippen MR) is 87.1 cm³/mol. The molecular formula is C16H11ClN6O. The Kier molecular flexibility index (Phi) is 3.76. The lowest BCUT2D eigenvalue weighted by atomic mass is 10.2. The lowest BCUT2D eigenvalue weighted by Gasteiger charge is -1.95. The largest absolute Gasteiger partial charge is 0.419 e. The van der Waals surface area contributed by atoms with E-state index >= 15 is 0 Å². The molecule has 0 amide bonds. The summed E-state index contributed by atoms with van der Waals surface area (Å²) >= 11 is 5.88. The highest BCUT2D eigenvalue weighted by Gasteiger charge is 2.11. The minimum Gasteiger partial charge on any atom is -0.419 e. The molecule has 4 rings (SSSR count). The van der Waals surface area contributed by atoms with Gasteiger partial charge in [-0.2, -0.15) is 4.80 Å². The summed E-state index contributed by atoms with van der Waals surface area (Å²) in [5, 5.41) is 21.1. The second kappa shape index (κ2) is 6.21. The fourth-order valence-corrected chi connectivity index (χ4v) is 2.29. The predicted octanol–water partition coefficient (Wildman–Crippen LogP) is 3.09. The number of tetrazole rings is 1. The third-order valence-corrected chi connectivity index (χ3v) is 3.57. The summed E-state index contributed by atoms with van der Waals surface area (Å²) in [5.41, 5.74) is 1.70. The second-order valence-electron chi connectivity index (χ2n) is 5.02. The van der Waals surface area contributed by atoms with Crippen LogP contribution in [0.5, 0.6) is 0 Å². The van der Waals surface area contributed by atoms with Crippen LogP contribution >= 0.6 is 11.6 Å². The van der Waals surface area contributed by atoms with Gasteiger partial charge in [-0.05, 0) is 41.6 Å². The van der Waals surface area contributed by atoms with Crippen molar-refractivity contribution in [3.63, 3.8) is 0 Å². The van der Waals surface area contributed by atoms with Gasteiger partial charge in [0.15, 0.2) is 0 Å². The number of benzene rings is 2. The summed E-state index contributed by atoms with van der Waals surface area (Å²) in [6, 6.07) is 16.8. The Hall–Kier alpha value is -3.06. The van der Waals surface area contributed by atoms with Crippen molar-refractivity contribution in [2.75, 3.05) is 0 Å². The number of hydrogen-bond acceptors (Lipinski definition) is 6. The fourth-order valence-electron chi connectivity index (χ4n) is 2.16. The minimum absolute atomic E-state index is 0.250. The summed E-state index contributed by atoms with van der Waals surface area (Å²) in [4.78, 5) is 1.41. The molecule has 2 heterocycles. The monoisotopic (exact) mass is 338 g/mol. The van der Waals surface area contributed by atoms with E-state index in [-0.39, 0.29) is 6.54 Å². The van der Waals surface area contributed by atoms with Gasteiger partial charge in [0.05, 0.1) is 0 Å². The molecule has 2 aromatic carbocycles. The third kappa shape index (κ3) is 3.02. The first-order valence-corrected chi connectivity index (χ1v) is 7.57. The maximum Gasteiger partial charge on any atom is 0.247 e. The van der Waals surface area contributed by atoms with Crippen LogP contribution in [0, 0.1) is 0 Å². The van der Waals surface area contributed by atoms with Gasteiger partial charge in [-0.3, -0.25) is 0 Å². The Bertz CT molecular complexity index is 948. The number of hydrogen-bond donors (Lipinski definition) is 0. The lowest BCUT2D eigenvalue weighted by molar-refractivity contribution is 0.446. The topological polar surface area (TPSA) is 82.5 Å². The molecular weight excluding hydrogens is 328 g/mol. The first-order chi connectivity index (χ1) is 11.8. The van der Waals surface area contributed by atoms with E-state index in [2.05, 4.69) is 25.6 Å². The van der Waals surface area contributed by atoms with Crippen LogP contribution in [0.4, 0.5) is 0 Å². The van der Waals surface area contributed by atoms with Crippen LogP contribution in [0.15, 0.2) is 59.0 Å². The quantitative estimate of drug-likeness (QED) is 0.568. The van der Waals surface area contributed by atoms with E-state index in [0.29, 0.717) is 22.6 Å². The SMILES string of the molecule is Clc1ccc(-c2nnn(Cc3nnc(-c4ccccc4)o3)n2)cc1. The van der Waals surface area contributed by atoms with E-state index in [1.165, 1.54) is 4.80 Å². The Morgan fingerprint density at radius 2 is 1.67 bits per heavy atom. The van der Waals surface area contributed by atoms with E-state index in [9.17, 15) is 0 Å². The third-order valence-electron chi connectivity index (χ3n) is 3.32. The van der Waals surface area contributed by atoms with Crippen molar-refractivity contribution >= 4 is 11.6 Å². The van der Waals surface area contributed by atoms with Crippen LogP contribution in [0.1, 0.15) is 5.89 Å². The van der Waals surface area contributed by atoms with Crippen LogP contribution in [0.25, 0.3) is 22.8 Å². The number of aromatic nitrogens is 6. The summed E-state index contributed by atoms with van der Waals surface area (Å²) < 4.78 is 5.64. The van der Waals surface area contributed by atoms with Crippen LogP contribution in [0.2, 0.25) is 5.02 Å². The summed E-state index contributed by atoms with van der Waals surface area (Å²) in [7, 11) is 0. The van der Waals surface area contributed by atoms with Crippen molar-refractivity contribution in [1.82, 2.24) is 30.4 Å². The van der Waals surface area contributed by atoms with Gasteiger partial charge in [-0.1, -0.05) is 29.8 Å². The van der Waals surface area contributed by atoms with Gasteiger partial charge in [0.2, 0.25) is 17.6 Å². The Balaban J connectivity index is 1.52. The molecule has 0 radical (unpaired) electrons. The van der Waals surface area contributed by atoms with Gasteiger partial charge in [-0.25, -0.2) is 0 Å². The van der Waals surface area contributed by atoms with Gasteiger partial charge >= 0.3 is 0 Å². The maximum absolute atomic E-state index is 5.88. The molecule has 0 aliphatic carbocycles. The van der Waals surface area contributed by atoms with E-state index < -0.39 is 0 Å². The maximum atomic E-state index is 5.88. The number of nitrogens with zero attached hydrogens (tertiary/aromatic N) is 6. The summed E-state index contributed by atoms with van der Waals surface area (Å²) in [6.07, 6.45) is 0. The molecule has 0 atom stereocenters. The van der Waals surface area contributed by atoms with Crippen LogP contribution < -0.4 is 0 Å². The Morgan fingerprint density at radius 1 is 0.875 bits per heavy atom. The average Bonchev–Trinajstić information content (AvgIpc) is 3.27. The highest BCUT2D eigenvalue weighted by atomic mass is 35.5. The first kappa shape index (κ1) is 14.5. The second-order valence-corrected chi connectivity index (χ2v) is 5.45. The highest BCUT2D eigenvalue weighted by Crippen LogP contribution is 2.18. The van der Waals surface area contributed by atoms with E-state index in [0.717, 1.165) is 11.1 Å². The molecule has 0 saturated heterocycles. The lowest BCUT2D eigenvalue weighted by Crippen LogP contribution is -2.04. The molecule has 0 bridgehead atoms. The summed E-state index contributed by atoms with van der Waals surface area (Å²) in [6.45, 7) is 0.250. The van der Waals surface area contributed by atoms with E-state index in [4.69, 9.17) is 16.0 Å². The molecule has 8 heteroatoms. The minimum atomic E-state index is 0.250. The van der Waals surface area contributed by atoms with Crippen LogP contribution in [-0.4, -0.2) is 30.4 Å². The molecule has 0 aliphatic rings. The zero-order valence-corrected chi connectivity index (χ0v) is 13.1. The van der Waals surface area contributed by atoms with E-state index in [1.54, 1.807) is 12.1 Å². The number of rotatable bonds is 4.